The number of nitrogens with two attached hydrogens (primary N) is 1. The maximum Gasteiger partial charge on any atom is 0.238 e. The molecular formula is C114H74BrCl3N10O4. The van der Waals surface area contributed by atoms with Crippen LogP contribution in [0.4, 0.5) is 17.1 Å². The summed E-state index contributed by atoms with van der Waals surface area (Å²) in [5.74, 6) is 2.90. The van der Waals surface area contributed by atoms with Crippen LogP contribution in [0.5, 0.6) is 0 Å². The first-order valence-electron chi connectivity index (χ1n) is 42.7. The van der Waals surface area contributed by atoms with E-state index in [9.17, 15) is 0 Å². The van der Waals surface area contributed by atoms with Crippen LogP contribution in [0, 0.1) is 0 Å². The summed E-state index contributed by atoms with van der Waals surface area (Å²) >= 11 is 21.4. The summed E-state index contributed by atoms with van der Waals surface area (Å²) in [4.78, 5) is 31.8. The zero-order valence-electron chi connectivity index (χ0n) is 70.3. The van der Waals surface area contributed by atoms with Gasteiger partial charge >= 0.3 is 0 Å². The summed E-state index contributed by atoms with van der Waals surface area (Å²) in [5, 5.41) is 18.5. The number of nitrogen functional groups attached to an aromatic ring is 1. The maximum atomic E-state index is 6.55. The monoisotopic (exact) mass is 1830 g/mol. The average molecular weight is 1830 g/mol. The lowest BCUT2D eigenvalue weighted by atomic mass is 10.0. The van der Waals surface area contributed by atoms with Crippen LogP contribution in [0.2, 0.25) is 15.3 Å². The van der Waals surface area contributed by atoms with Gasteiger partial charge in [-0.25, -0.2) is 9.97 Å². The van der Waals surface area contributed by atoms with Crippen LogP contribution in [0.15, 0.2) is 447 Å². The second-order valence-corrected chi connectivity index (χ2v) is 33.2. The molecule has 18 aromatic carbocycles. The van der Waals surface area contributed by atoms with Gasteiger partial charge in [-0.15, -0.1) is 0 Å². The maximum absolute atomic E-state index is 6.55. The van der Waals surface area contributed by atoms with Crippen molar-refractivity contribution in [2.75, 3.05) is 11.1 Å². The number of hydrogen-bond acceptors (Lipinski definition) is 12. The Morgan fingerprint density at radius 1 is 0.265 bits per heavy atom. The summed E-state index contributed by atoms with van der Waals surface area (Å²) in [5.41, 5.74) is 27.4. The van der Waals surface area contributed by atoms with Crippen LogP contribution in [0.3, 0.4) is 0 Å². The van der Waals surface area contributed by atoms with Crippen LogP contribution in [-0.2, 0) is 0 Å². The summed E-state index contributed by atoms with van der Waals surface area (Å²) in [6.07, 6.45) is 0. The van der Waals surface area contributed by atoms with E-state index >= 15 is 0 Å². The van der Waals surface area contributed by atoms with E-state index < -0.39 is 0 Å². The molecule has 0 fully saturated rings. The van der Waals surface area contributed by atoms with E-state index in [2.05, 4.69) is 222 Å². The molecule has 0 bridgehead atoms. The normalized spacial score (nSPS) is 11.2. The van der Waals surface area contributed by atoms with Crippen molar-refractivity contribution in [2.24, 2.45) is 0 Å². The molecule has 0 aliphatic heterocycles. The molecule has 0 radical (unpaired) electrons. The van der Waals surface area contributed by atoms with Crippen molar-refractivity contribution in [1.82, 2.24) is 39.5 Å². The predicted molar refractivity (Wildman–Crippen MR) is 548 cm³/mol. The Morgan fingerprint density at radius 2 is 0.621 bits per heavy atom. The zero-order valence-corrected chi connectivity index (χ0v) is 74.1. The second kappa shape index (κ2) is 36.8. The first kappa shape index (κ1) is 82.7. The fourth-order valence-corrected chi connectivity index (χ4v) is 17.6. The number of anilines is 3. The quantitative estimate of drug-likeness (QED) is 0.116. The molecule has 18 heteroatoms. The first-order chi connectivity index (χ1) is 65.0. The molecule has 26 aromatic rings. The predicted octanol–water partition coefficient (Wildman–Crippen LogP) is 32.9. The van der Waals surface area contributed by atoms with E-state index in [-0.39, 0.29) is 5.28 Å². The molecule has 0 atom stereocenters. The van der Waals surface area contributed by atoms with Gasteiger partial charge in [0.1, 0.15) is 33.4 Å². The molecule has 14 nitrogen and oxygen atoms in total. The number of para-hydroxylation sites is 10. The van der Waals surface area contributed by atoms with Crippen molar-refractivity contribution in [2.45, 2.75) is 0 Å². The molecule has 0 saturated carbocycles. The molecule has 0 aliphatic rings. The molecule has 8 aromatic heterocycles. The zero-order chi connectivity index (χ0) is 89.0. The van der Waals surface area contributed by atoms with Crippen LogP contribution >= 0.6 is 50.7 Å². The van der Waals surface area contributed by atoms with E-state index in [1.165, 1.54) is 38.1 Å². The van der Waals surface area contributed by atoms with Gasteiger partial charge in [0.05, 0.1) is 42.6 Å². The lowest BCUT2D eigenvalue weighted by Gasteiger charge is -2.11. The molecule has 4 N–H and O–H groups in total. The highest BCUT2D eigenvalue weighted by Crippen LogP contribution is 2.43. The Balaban J connectivity index is 0.000000102. The topological polar surface area (TPSA) is 189 Å². The van der Waals surface area contributed by atoms with Gasteiger partial charge in [-0.2, -0.15) is 19.9 Å². The SMILES string of the molecule is Brc1cccc2c1oc1ccccc12.Clc1ccccc1Nc1cccc2c1oc1ccccc12.Clc1nc(-c2ccccc2)nc(-c2ccc(-c3ccccc3)cc2)n1.Nc1ccccc1Cl.c1ccc(-c2ccc(-c3nc(-c4ccccc4)nc(-n4c5ccccc5c5ccc6c7ccccc7oc6c54)n3)cc2)cc1.c1ccc2c(c1)[nH]c1c2ccc2c3ccccc3oc21. The third-order valence-corrected chi connectivity index (χ3v) is 24.5. The van der Waals surface area contributed by atoms with Gasteiger partial charge in [-0.1, -0.05) is 363 Å². The molecule has 132 heavy (non-hydrogen) atoms. The average Bonchev–Trinajstić information content (AvgIpc) is 1.55. The summed E-state index contributed by atoms with van der Waals surface area (Å²) in [6, 6.07) is 142. The number of nitrogens with one attached hydrogen (secondary N) is 2. The number of benzene rings is 18. The lowest BCUT2D eigenvalue weighted by Crippen LogP contribution is -2.06. The highest BCUT2D eigenvalue weighted by atomic mass is 79.9. The number of aromatic amines is 1. The third kappa shape index (κ3) is 16.8. The van der Waals surface area contributed by atoms with E-state index in [1.54, 1.807) is 12.1 Å². The number of H-pyrrole nitrogens is 1. The van der Waals surface area contributed by atoms with E-state index in [0.29, 0.717) is 45.0 Å². The van der Waals surface area contributed by atoms with Crippen LogP contribution < -0.4 is 11.1 Å². The number of hydrogen-bond donors (Lipinski definition) is 3. The van der Waals surface area contributed by atoms with E-state index in [4.69, 9.17) is 73.2 Å². The number of nitrogens with zero attached hydrogens (tertiary/aromatic N) is 7. The Bertz CT molecular complexity index is 8600. The highest BCUT2D eigenvalue weighted by Gasteiger charge is 2.24. The Kier molecular flexibility index (Phi) is 23.1. The minimum atomic E-state index is 0.191. The van der Waals surface area contributed by atoms with E-state index in [1.807, 2.05) is 237 Å². The number of halogens is 4. The van der Waals surface area contributed by atoms with E-state index in [0.717, 1.165) is 154 Å². The second-order valence-electron chi connectivity index (χ2n) is 31.2. The molecular weight excluding hydrogens is 1760 g/mol. The standard InChI is InChI=1S/C39H24N4O.C21H14ClN3.C18H12ClNO.C18H11NO.C12H7BrO.C6H6ClN/c1-3-11-25(12-4-1)26-19-21-28(22-20-26)38-40-37(27-13-5-2-6-14-27)41-39(42-38)43-33-17-9-7-15-29(33)31-23-24-32-30-16-8-10-18-34(30)44-36(32)35(31)43;22-21-24-19(17-9-5-2-6-10-17)23-20(25-21)18-13-11-16(12-14-18)15-7-3-1-4-8-15;19-14-8-2-3-9-15(14)20-16-10-5-7-13-12-6-1-4-11-17(12)21-18(13)16;1-3-7-15-11(5-1)13-9-10-14-12-6-2-4-8-16(12)20-18(14)17(13)19-15;13-10-6-3-5-9-8-4-1-2-7-11(8)14-12(9)10;7-5-3-1-2-4-6(5)8/h1-24H;1-14H;1-11,20H;1-10,19H;1-7H;1-4H,8H2. The smallest absolute Gasteiger partial charge is 0.238 e. The summed E-state index contributed by atoms with van der Waals surface area (Å²) in [6.45, 7) is 0. The van der Waals surface area contributed by atoms with Crippen molar-refractivity contribution in [3.63, 3.8) is 0 Å². The van der Waals surface area contributed by atoms with Crippen LogP contribution in [0.25, 0.3) is 205 Å². The molecule has 0 saturated heterocycles. The highest BCUT2D eigenvalue weighted by molar-refractivity contribution is 9.10. The van der Waals surface area contributed by atoms with Gasteiger partial charge in [-0.05, 0) is 135 Å². The molecule has 632 valence electrons. The van der Waals surface area contributed by atoms with Crippen molar-refractivity contribution in [3.8, 4) is 73.8 Å². The Morgan fingerprint density at radius 3 is 1.14 bits per heavy atom. The van der Waals surface area contributed by atoms with Gasteiger partial charge in [0.2, 0.25) is 11.2 Å². The Hall–Kier alpha value is -16.3. The van der Waals surface area contributed by atoms with Crippen molar-refractivity contribution < 1.29 is 17.7 Å². The fourth-order valence-electron chi connectivity index (χ4n) is 16.7. The molecule has 8 heterocycles. The first-order valence-corrected chi connectivity index (χ1v) is 44.7. The number of aromatic nitrogens is 8. The number of rotatable bonds is 9. The van der Waals surface area contributed by atoms with Crippen LogP contribution in [0.1, 0.15) is 0 Å². The van der Waals surface area contributed by atoms with Gasteiger partial charge in [0, 0.05) is 92.4 Å². The molecule has 0 amide bonds. The van der Waals surface area contributed by atoms with Gasteiger partial charge < -0.3 is 33.7 Å². The third-order valence-electron chi connectivity index (χ3n) is 23.0. The van der Waals surface area contributed by atoms with Gasteiger partial charge in [0.15, 0.2) is 40.0 Å². The van der Waals surface area contributed by atoms with Crippen LogP contribution in [-0.4, -0.2) is 39.5 Å². The molecule has 0 aliphatic carbocycles. The minimum absolute atomic E-state index is 0.191. The molecule has 26 rings (SSSR count). The van der Waals surface area contributed by atoms with Gasteiger partial charge in [0.25, 0.3) is 0 Å². The Labute approximate surface area is 779 Å². The van der Waals surface area contributed by atoms with Gasteiger partial charge in [-0.3, -0.25) is 4.57 Å². The minimum Gasteiger partial charge on any atom is -0.455 e. The molecule has 0 spiro atoms. The van der Waals surface area contributed by atoms with Crippen molar-refractivity contribution >= 4 is 199 Å². The van der Waals surface area contributed by atoms with Crippen molar-refractivity contribution in [1.29, 1.82) is 0 Å². The largest absolute Gasteiger partial charge is 0.455 e. The lowest BCUT2D eigenvalue weighted by molar-refractivity contribution is 0.666. The van der Waals surface area contributed by atoms with Crippen molar-refractivity contribution in [3.05, 3.63) is 444 Å². The summed E-state index contributed by atoms with van der Waals surface area (Å²) in [7, 11) is 0. The summed E-state index contributed by atoms with van der Waals surface area (Å²) < 4.78 is 27.5. The molecule has 0 unspecified atom stereocenters. The number of fused-ring (bicyclic) bond motifs is 20. The fraction of sp³-hybridized carbons (Fsp3) is 0. The number of furan rings is 4.